The highest BCUT2D eigenvalue weighted by atomic mass is 32.2. The minimum Gasteiger partial charge on any atom is -0.504 e. The highest BCUT2D eigenvalue weighted by Gasteiger charge is 2.59. The number of phenols is 1. The monoisotopic (exact) mass is 671 g/mol. The number of rotatable bonds is 8. The number of aryl methyl sites for hydroxylation is 1. The Hall–Kier alpha value is -3.56. The molecule has 4 heterocycles. The molecule has 0 radical (unpaired) electrons. The predicted molar refractivity (Wildman–Crippen MR) is 171 cm³/mol. The Labute approximate surface area is 277 Å². The van der Waals surface area contributed by atoms with E-state index in [9.17, 15) is 29.7 Å². The molecule has 47 heavy (non-hydrogen) atoms. The number of amides is 1. The van der Waals surface area contributed by atoms with Gasteiger partial charge in [-0.2, -0.15) is 0 Å². The molecule has 1 saturated heterocycles. The molecular weight excluding hydrogens is 630 g/mol. The average Bonchev–Trinajstić information content (AvgIpc) is 3.49. The van der Waals surface area contributed by atoms with Crippen LogP contribution in [0.5, 0.6) is 28.7 Å². The maximum absolute atomic E-state index is 12.7. The summed E-state index contributed by atoms with van der Waals surface area (Å²) in [7, 11) is 3.39. The minimum absolute atomic E-state index is 0.00818. The number of carbonyl (C=O) groups excluding carboxylic acids is 3. The standard InChI is InChI=1S/C33H41N3O10S/c1-13-8-18-9-20-33(42)36-21(10-37)23-24(29(46-17(5)40)14(2)30-31(23)45-12-44-30)32(47-11-19(15(3)38)34-16(4)39)26(36)25(35(20)6)22(18)27(41)28(13)43-7/h8,19-21,25-26,32-33,37,41-42H,9-12H2,1-7H3,(H,34,39)/t19-,20-,21-,25+,26?,32+,33?/m0/s1. The van der Waals surface area contributed by atoms with E-state index in [-0.39, 0.29) is 35.7 Å². The van der Waals surface area contributed by atoms with E-state index in [4.69, 9.17) is 18.9 Å². The predicted octanol–water partition coefficient (Wildman–Crippen LogP) is 2.19. The normalized spacial score (nSPS) is 26.5. The number of benzene rings is 2. The van der Waals surface area contributed by atoms with Crippen LogP contribution >= 0.6 is 11.8 Å². The van der Waals surface area contributed by atoms with Gasteiger partial charge in [0.1, 0.15) is 12.0 Å². The van der Waals surface area contributed by atoms with Crippen LogP contribution in [0.25, 0.3) is 0 Å². The van der Waals surface area contributed by atoms with E-state index in [0.29, 0.717) is 45.9 Å². The van der Waals surface area contributed by atoms with Gasteiger partial charge in [0.2, 0.25) is 12.7 Å². The zero-order valence-electron chi connectivity index (χ0n) is 27.4. The fraction of sp³-hybridized carbons (Fsp3) is 0.545. The number of hydrogen-bond donors (Lipinski definition) is 4. The lowest BCUT2D eigenvalue weighted by molar-refractivity contribution is -0.178. The first kappa shape index (κ1) is 33.3. The van der Waals surface area contributed by atoms with Gasteiger partial charge < -0.3 is 39.6 Å². The molecule has 2 aromatic carbocycles. The number of Topliss-reactive ketones (excluding diaryl/α,β-unsaturated/α-hetero) is 1. The molecule has 14 heteroatoms. The first-order valence-electron chi connectivity index (χ1n) is 15.5. The fourth-order valence-corrected chi connectivity index (χ4v) is 9.57. The van der Waals surface area contributed by atoms with Crippen molar-refractivity contribution in [1.29, 1.82) is 0 Å². The molecule has 4 aliphatic rings. The molecule has 0 spiro atoms. The van der Waals surface area contributed by atoms with E-state index < -0.39 is 54.3 Å². The lowest BCUT2D eigenvalue weighted by Gasteiger charge is -2.61. The number of thioether (sulfide) groups is 1. The number of fused-ring (bicyclic) bond motifs is 9. The summed E-state index contributed by atoms with van der Waals surface area (Å²) in [6.45, 7) is 7.16. The SMILES string of the molecule is COc1c(C)cc2c(c1O)[C@@H]1C3[C@H](SC[C@H](NC(C)=O)C(C)=O)c4c(OC(C)=O)c(C)c5c(c4[C@H](CO)N3C(O)[C@H](C2)N1C)OCO5. The van der Waals surface area contributed by atoms with E-state index in [0.717, 1.165) is 11.1 Å². The maximum atomic E-state index is 12.7. The van der Waals surface area contributed by atoms with Crippen LogP contribution in [0.15, 0.2) is 6.07 Å². The average molecular weight is 672 g/mol. The minimum atomic E-state index is -1.08. The number of methoxy groups -OCH3 is 1. The Morgan fingerprint density at radius 3 is 2.43 bits per heavy atom. The van der Waals surface area contributed by atoms with E-state index >= 15 is 0 Å². The summed E-state index contributed by atoms with van der Waals surface area (Å²) in [5, 5.41) is 37.1. The second-order valence-electron chi connectivity index (χ2n) is 12.6. The lowest BCUT2D eigenvalue weighted by atomic mass is 9.73. The number of ether oxygens (including phenoxy) is 4. The molecule has 0 aromatic heterocycles. The highest BCUT2D eigenvalue weighted by Crippen LogP contribution is 2.63. The number of nitrogens with zero attached hydrogens (tertiary/aromatic N) is 2. The van der Waals surface area contributed by atoms with Gasteiger partial charge >= 0.3 is 5.97 Å². The van der Waals surface area contributed by atoms with Gasteiger partial charge in [0.05, 0.1) is 43.1 Å². The van der Waals surface area contributed by atoms with Gasteiger partial charge in [0.15, 0.2) is 28.8 Å². The number of aliphatic hydroxyl groups excluding tert-OH is 2. The molecular formula is C33H41N3O10S. The zero-order chi connectivity index (χ0) is 34.1. The number of carbonyl (C=O) groups is 3. The van der Waals surface area contributed by atoms with Gasteiger partial charge in [-0.15, -0.1) is 11.8 Å². The molecule has 0 aliphatic carbocycles. The van der Waals surface area contributed by atoms with Gasteiger partial charge in [-0.25, -0.2) is 0 Å². The van der Waals surface area contributed by atoms with Gasteiger partial charge in [-0.3, -0.25) is 24.2 Å². The second-order valence-corrected chi connectivity index (χ2v) is 13.8. The molecule has 2 aromatic rings. The third-order valence-corrected chi connectivity index (χ3v) is 11.3. The molecule has 4 N–H and O–H groups in total. The van der Waals surface area contributed by atoms with Crippen molar-refractivity contribution in [3.05, 3.63) is 39.4 Å². The number of aliphatic hydroxyl groups is 2. The van der Waals surface area contributed by atoms with Gasteiger partial charge in [-0.05, 0) is 45.4 Å². The lowest BCUT2D eigenvalue weighted by Crippen LogP contribution is -2.69. The first-order chi connectivity index (χ1) is 22.3. The summed E-state index contributed by atoms with van der Waals surface area (Å²) in [4.78, 5) is 41.3. The largest absolute Gasteiger partial charge is 0.504 e. The molecule has 1 fully saturated rings. The summed E-state index contributed by atoms with van der Waals surface area (Å²) < 4.78 is 23.4. The number of esters is 1. The van der Waals surface area contributed by atoms with E-state index in [1.54, 1.807) is 6.92 Å². The summed E-state index contributed by atoms with van der Waals surface area (Å²) in [5.41, 5.74) is 3.86. The van der Waals surface area contributed by atoms with Crippen molar-refractivity contribution in [2.24, 2.45) is 0 Å². The summed E-state index contributed by atoms with van der Waals surface area (Å²) >= 11 is 1.36. The van der Waals surface area contributed by atoms with Gasteiger partial charge in [0.25, 0.3) is 0 Å². The van der Waals surface area contributed by atoms with Gasteiger partial charge in [-0.1, -0.05) is 6.07 Å². The summed E-state index contributed by atoms with van der Waals surface area (Å²) in [6.07, 6.45) is -0.657. The molecule has 2 bridgehead atoms. The van der Waals surface area contributed by atoms with Crippen LogP contribution in [0.1, 0.15) is 71.5 Å². The number of phenolic OH excluding ortho intramolecular Hbond substituents is 1. The van der Waals surface area contributed by atoms with E-state index in [2.05, 4.69) is 5.32 Å². The Bertz CT molecular complexity index is 1650. The summed E-state index contributed by atoms with van der Waals surface area (Å²) in [5.74, 6) is 0.325. The van der Waals surface area contributed by atoms with E-state index in [1.165, 1.54) is 39.6 Å². The van der Waals surface area contributed by atoms with Crippen LogP contribution in [0.4, 0.5) is 0 Å². The number of ketones is 1. The van der Waals surface area contributed by atoms with Crippen molar-refractivity contribution >= 4 is 29.4 Å². The van der Waals surface area contributed by atoms with Crippen molar-refractivity contribution in [2.75, 3.05) is 33.3 Å². The van der Waals surface area contributed by atoms with Crippen LogP contribution in [0.2, 0.25) is 0 Å². The highest BCUT2D eigenvalue weighted by molar-refractivity contribution is 7.99. The first-order valence-corrected chi connectivity index (χ1v) is 16.6. The van der Waals surface area contributed by atoms with Crippen molar-refractivity contribution in [3.8, 4) is 28.7 Å². The molecule has 13 nitrogen and oxygen atoms in total. The van der Waals surface area contributed by atoms with Crippen molar-refractivity contribution < 1.29 is 48.7 Å². The Kier molecular flexibility index (Phi) is 8.85. The molecule has 7 atom stereocenters. The van der Waals surface area contributed by atoms with Crippen LogP contribution in [0.3, 0.4) is 0 Å². The number of hydrogen-bond acceptors (Lipinski definition) is 13. The van der Waals surface area contributed by atoms with Gasteiger partial charge in [0, 0.05) is 47.9 Å². The Morgan fingerprint density at radius 2 is 1.81 bits per heavy atom. The van der Waals surface area contributed by atoms with Crippen LogP contribution in [-0.2, 0) is 20.8 Å². The molecule has 254 valence electrons. The van der Waals surface area contributed by atoms with Crippen LogP contribution in [0, 0.1) is 13.8 Å². The number of piperazine rings is 1. The molecule has 4 aliphatic heterocycles. The topological polar surface area (TPSA) is 167 Å². The quantitative estimate of drug-likeness (QED) is 0.239. The van der Waals surface area contributed by atoms with E-state index in [1.807, 2.05) is 29.8 Å². The van der Waals surface area contributed by atoms with Crippen molar-refractivity contribution in [2.45, 2.75) is 82.7 Å². The maximum Gasteiger partial charge on any atom is 0.308 e. The van der Waals surface area contributed by atoms with Crippen molar-refractivity contribution in [3.63, 3.8) is 0 Å². The molecule has 6 rings (SSSR count). The molecule has 0 saturated carbocycles. The zero-order valence-corrected chi connectivity index (χ0v) is 28.3. The second kappa shape index (κ2) is 12.5. The third-order valence-electron chi connectivity index (χ3n) is 9.86. The Balaban J connectivity index is 1.65. The summed E-state index contributed by atoms with van der Waals surface area (Å²) in [6, 6.07) is -1.29. The van der Waals surface area contributed by atoms with Crippen LogP contribution < -0.4 is 24.3 Å². The number of nitrogens with one attached hydrogen (secondary N) is 1. The fourth-order valence-electron chi connectivity index (χ4n) is 7.97. The number of aromatic hydroxyl groups is 1. The number of likely N-dealkylation sites (N-methyl/N-ethyl adjacent to an activating group) is 1. The van der Waals surface area contributed by atoms with Crippen molar-refractivity contribution in [1.82, 2.24) is 15.1 Å². The smallest absolute Gasteiger partial charge is 0.308 e. The Morgan fingerprint density at radius 1 is 1.11 bits per heavy atom. The van der Waals surface area contributed by atoms with Crippen LogP contribution in [-0.4, -0.2) is 100 Å². The molecule has 2 unspecified atom stereocenters. The molecule has 1 amide bonds. The third kappa shape index (κ3) is 5.21.